The molecule has 0 aliphatic heterocycles. The number of hydrogen-bond donors (Lipinski definition) is 0. The topological polar surface area (TPSA) is 0 Å². The van der Waals surface area contributed by atoms with Gasteiger partial charge in [0.2, 0.25) is 0 Å². The molecule has 13 aromatic carbocycles. The zero-order chi connectivity index (χ0) is 40.7. The van der Waals surface area contributed by atoms with Crippen LogP contribution < -0.4 is 0 Å². The third-order valence-corrected chi connectivity index (χ3v) is 17.8. The van der Waals surface area contributed by atoms with Gasteiger partial charge in [0.1, 0.15) is 0 Å². The van der Waals surface area contributed by atoms with Gasteiger partial charge in [0.15, 0.2) is 0 Å². The molecule has 3 heteroatoms. The number of benzene rings is 13. The molecule has 288 valence electrons. The van der Waals surface area contributed by atoms with Crippen LogP contribution in [0.25, 0.3) is 157 Å². The van der Waals surface area contributed by atoms with E-state index in [2.05, 4.69) is 182 Å². The number of fused-ring (bicyclic) bond motifs is 30. The Labute approximate surface area is 371 Å². The lowest BCUT2D eigenvalue weighted by Crippen LogP contribution is -1.83. The van der Waals surface area contributed by atoms with Gasteiger partial charge in [-0.1, -0.05) is 146 Å². The molecule has 16 rings (SSSR count). The SMILES string of the molecule is c1ccc2c(c1)c1ccccc1c1cc3c(cc21)sc1c3c2sc3cc4c5ccccc5c5ccccc5c4cc3c2c2sc3cc4c5ccccc5c5ccccc5c4cc3c12. The largest absolute Gasteiger partial charge is 0.134 e. The highest BCUT2D eigenvalue weighted by Gasteiger charge is 2.24. The van der Waals surface area contributed by atoms with Crippen LogP contribution in [0.5, 0.6) is 0 Å². The molecule has 0 radical (unpaired) electrons. The van der Waals surface area contributed by atoms with Crippen LogP contribution in [0.4, 0.5) is 0 Å². The summed E-state index contributed by atoms with van der Waals surface area (Å²) in [6.07, 6.45) is 0. The fraction of sp³-hybridized carbons (Fsp3) is 0. The van der Waals surface area contributed by atoms with Gasteiger partial charge >= 0.3 is 0 Å². The van der Waals surface area contributed by atoms with Crippen LogP contribution in [0.15, 0.2) is 182 Å². The van der Waals surface area contributed by atoms with E-state index in [-0.39, 0.29) is 0 Å². The fourth-order valence-corrected chi connectivity index (χ4v) is 15.8. The Hall–Kier alpha value is -7.14. The Morgan fingerprint density at radius 3 is 0.556 bits per heavy atom. The van der Waals surface area contributed by atoms with E-state index in [0.29, 0.717) is 0 Å². The van der Waals surface area contributed by atoms with Gasteiger partial charge < -0.3 is 0 Å². The maximum absolute atomic E-state index is 2.55. The lowest BCUT2D eigenvalue weighted by Gasteiger charge is -2.11. The van der Waals surface area contributed by atoms with Crippen LogP contribution >= 0.6 is 34.0 Å². The Balaban J connectivity index is 1.16. The molecule has 0 nitrogen and oxygen atoms in total. The van der Waals surface area contributed by atoms with Crippen molar-refractivity contribution >= 4 is 191 Å². The highest BCUT2D eigenvalue weighted by atomic mass is 32.1. The van der Waals surface area contributed by atoms with Gasteiger partial charge in [0.25, 0.3) is 0 Å². The smallest absolute Gasteiger partial charge is 0.0463 e. The number of thiophene rings is 3. The van der Waals surface area contributed by atoms with Gasteiger partial charge in [0, 0.05) is 60.5 Å². The van der Waals surface area contributed by atoms with Gasteiger partial charge in [-0.2, -0.15) is 0 Å². The molecule has 63 heavy (non-hydrogen) atoms. The third kappa shape index (κ3) is 4.21. The summed E-state index contributed by atoms with van der Waals surface area (Å²) in [5.41, 5.74) is 0. The van der Waals surface area contributed by atoms with Crippen molar-refractivity contribution < 1.29 is 0 Å². The molecule has 0 saturated carbocycles. The predicted molar refractivity (Wildman–Crippen MR) is 283 cm³/mol. The van der Waals surface area contributed by atoms with Crippen LogP contribution in [0.2, 0.25) is 0 Å². The molecule has 0 saturated heterocycles. The van der Waals surface area contributed by atoms with Crippen molar-refractivity contribution in [1.82, 2.24) is 0 Å². The van der Waals surface area contributed by atoms with Crippen LogP contribution in [0.3, 0.4) is 0 Å². The van der Waals surface area contributed by atoms with Gasteiger partial charge in [-0.25, -0.2) is 0 Å². The van der Waals surface area contributed by atoms with Gasteiger partial charge in [-0.3, -0.25) is 0 Å². The van der Waals surface area contributed by atoms with Gasteiger partial charge in [-0.05, 0) is 133 Å². The molecular formula is C60H30S3. The summed E-state index contributed by atoms with van der Waals surface area (Å²) in [6.45, 7) is 0. The fourth-order valence-electron chi connectivity index (χ4n) is 11.7. The van der Waals surface area contributed by atoms with E-state index in [0.717, 1.165) is 0 Å². The summed E-state index contributed by atoms with van der Waals surface area (Å²) in [7, 11) is 0. The first-order valence-electron chi connectivity index (χ1n) is 21.7. The lowest BCUT2D eigenvalue weighted by atomic mass is 9.92. The Morgan fingerprint density at radius 1 is 0.175 bits per heavy atom. The molecule has 0 amide bonds. The van der Waals surface area contributed by atoms with Crippen molar-refractivity contribution in [2.75, 3.05) is 0 Å². The summed E-state index contributed by atoms with van der Waals surface area (Å²) in [5, 5.41) is 32.1. The minimum Gasteiger partial charge on any atom is -0.134 e. The zero-order valence-electron chi connectivity index (χ0n) is 33.5. The average molecular weight is 847 g/mol. The van der Waals surface area contributed by atoms with E-state index in [9.17, 15) is 0 Å². The van der Waals surface area contributed by atoms with Crippen LogP contribution in [0.1, 0.15) is 0 Å². The van der Waals surface area contributed by atoms with Crippen molar-refractivity contribution in [1.29, 1.82) is 0 Å². The second-order valence-electron chi connectivity index (χ2n) is 17.4. The van der Waals surface area contributed by atoms with E-state index >= 15 is 0 Å². The van der Waals surface area contributed by atoms with Crippen LogP contribution in [-0.4, -0.2) is 0 Å². The van der Waals surface area contributed by atoms with E-state index < -0.39 is 0 Å². The third-order valence-electron chi connectivity index (χ3n) is 14.3. The molecule has 0 aliphatic carbocycles. The summed E-state index contributed by atoms with van der Waals surface area (Å²) in [5.74, 6) is 0. The molecular weight excluding hydrogens is 817 g/mol. The first-order valence-corrected chi connectivity index (χ1v) is 24.1. The van der Waals surface area contributed by atoms with E-state index in [4.69, 9.17) is 0 Å². The highest BCUT2D eigenvalue weighted by Crippen LogP contribution is 2.56. The van der Waals surface area contributed by atoms with Gasteiger partial charge in [-0.15, -0.1) is 34.0 Å². The summed E-state index contributed by atoms with van der Waals surface area (Å²) < 4.78 is 8.26. The van der Waals surface area contributed by atoms with Crippen molar-refractivity contribution in [3.05, 3.63) is 182 Å². The second-order valence-corrected chi connectivity index (χ2v) is 20.5. The van der Waals surface area contributed by atoms with E-state index in [1.165, 1.54) is 157 Å². The summed E-state index contributed by atoms with van der Waals surface area (Å²) in [4.78, 5) is 0. The lowest BCUT2D eigenvalue weighted by molar-refractivity contribution is 1.80. The molecule has 3 heterocycles. The normalized spacial score (nSPS) is 12.8. The Bertz CT molecular complexity index is 4270. The molecule has 0 N–H and O–H groups in total. The second kappa shape index (κ2) is 11.9. The summed E-state index contributed by atoms with van der Waals surface area (Å²) in [6, 6.07) is 69.2. The van der Waals surface area contributed by atoms with Gasteiger partial charge in [0.05, 0.1) is 0 Å². The van der Waals surface area contributed by atoms with Crippen molar-refractivity contribution in [2.45, 2.75) is 0 Å². The minimum absolute atomic E-state index is 1.32. The maximum atomic E-state index is 2.55. The molecule has 0 fully saturated rings. The minimum atomic E-state index is 1.32. The predicted octanol–water partition coefficient (Wildman–Crippen LogP) is 19.2. The number of rotatable bonds is 0. The first kappa shape index (κ1) is 33.5. The van der Waals surface area contributed by atoms with E-state index in [1.807, 2.05) is 34.0 Å². The molecule has 0 spiro atoms. The monoisotopic (exact) mass is 846 g/mol. The standard InChI is InChI=1S/C60H30S3/c1-7-19-37-31(13-1)34-16-4-10-22-40(34)46-28-52-49(25-43(37)46)55-58(61-52)56-51-27-45-39-21-9-3-15-33(39)36-18-6-12-24-42(36)48(45)30-54(51)63-60(56)57-50-26-44-38-20-8-2-14-32(38)35-17-5-11-23-41(35)47(44)29-53(50)62-59(55)57/h1-30H. The molecule has 16 aromatic rings. The molecule has 0 bridgehead atoms. The summed E-state index contributed by atoms with van der Waals surface area (Å²) >= 11 is 5.99. The van der Waals surface area contributed by atoms with E-state index in [1.54, 1.807) is 0 Å². The molecule has 3 aromatic heterocycles. The molecule has 0 unspecified atom stereocenters. The average Bonchev–Trinajstić information content (AvgIpc) is 4.03. The molecule has 0 aliphatic rings. The number of hydrogen-bond acceptors (Lipinski definition) is 3. The zero-order valence-corrected chi connectivity index (χ0v) is 36.0. The highest BCUT2D eigenvalue weighted by molar-refractivity contribution is 7.34. The quantitative estimate of drug-likeness (QED) is 0.133. The Morgan fingerprint density at radius 2 is 0.349 bits per heavy atom. The van der Waals surface area contributed by atoms with Crippen LogP contribution in [0, 0.1) is 0 Å². The van der Waals surface area contributed by atoms with Crippen LogP contribution in [-0.2, 0) is 0 Å². The maximum Gasteiger partial charge on any atom is 0.0463 e. The van der Waals surface area contributed by atoms with Crippen molar-refractivity contribution in [3.63, 3.8) is 0 Å². The molecule has 0 atom stereocenters. The van der Waals surface area contributed by atoms with Crippen molar-refractivity contribution in [2.24, 2.45) is 0 Å². The Kier molecular flexibility index (Phi) is 6.30. The van der Waals surface area contributed by atoms with Crippen molar-refractivity contribution in [3.8, 4) is 0 Å². The first-order chi connectivity index (χ1) is 31.2.